The van der Waals surface area contributed by atoms with E-state index in [4.69, 9.17) is 0 Å². The minimum atomic E-state index is 0.878. The molecule has 0 radical (unpaired) electrons. The molecule has 0 aromatic carbocycles. The predicted octanol–water partition coefficient (Wildman–Crippen LogP) is 4.73. The quantitative estimate of drug-likeness (QED) is 0.542. The summed E-state index contributed by atoms with van der Waals surface area (Å²) in [7, 11) is 0. The van der Waals surface area contributed by atoms with Gasteiger partial charge in [0.1, 0.15) is 0 Å². The normalized spacial score (nSPS) is 36.4. The van der Waals surface area contributed by atoms with E-state index in [1.165, 1.54) is 38.5 Å². The summed E-state index contributed by atoms with van der Waals surface area (Å²) in [5, 5.41) is 0. The summed E-state index contributed by atoms with van der Waals surface area (Å²) in [6.07, 6.45) is 15.5. The van der Waals surface area contributed by atoms with Crippen LogP contribution in [0, 0.1) is 17.8 Å². The van der Waals surface area contributed by atoms with Crippen LogP contribution in [0.25, 0.3) is 0 Å². The van der Waals surface area contributed by atoms with Gasteiger partial charge in [0.25, 0.3) is 0 Å². The minimum absolute atomic E-state index is 0.878. The molecule has 3 unspecified atom stereocenters. The lowest BCUT2D eigenvalue weighted by atomic mass is 9.90. The van der Waals surface area contributed by atoms with Gasteiger partial charge < -0.3 is 0 Å². The topological polar surface area (TPSA) is 0 Å². The summed E-state index contributed by atoms with van der Waals surface area (Å²) in [6.45, 7) is 4.77. The lowest BCUT2D eigenvalue weighted by Crippen LogP contribution is -2.03. The molecule has 0 amide bonds. The van der Waals surface area contributed by atoms with Gasteiger partial charge in [-0.25, -0.2) is 0 Å². The van der Waals surface area contributed by atoms with Crippen LogP contribution in [-0.4, -0.2) is 0 Å². The monoisotopic (exact) mass is 204 g/mol. The van der Waals surface area contributed by atoms with Gasteiger partial charge in [0.15, 0.2) is 0 Å². The van der Waals surface area contributed by atoms with Crippen LogP contribution in [0.3, 0.4) is 0 Å². The van der Waals surface area contributed by atoms with Crippen molar-refractivity contribution < 1.29 is 0 Å². The van der Waals surface area contributed by atoms with Crippen LogP contribution in [0.4, 0.5) is 0 Å². The van der Waals surface area contributed by atoms with Gasteiger partial charge in [-0.3, -0.25) is 0 Å². The van der Waals surface area contributed by atoms with E-state index in [0.29, 0.717) is 0 Å². The highest BCUT2D eigenvalue weighted by Gasteiger charge is 2.25. The third kappa shape index (κ3) is 3.22. The predicted molar refractivity (Wildman–Crippen MR) is 66.7 cm³/mol. The Hall–Kier alpha value is -0.520. The Morgan fingerprint density at radius 2 is 2.13 bits per heavy atom. The maximum absolute atomic E-state index is 2.47. The molecule has 2 aliphatic rings. The zero-order valence-electron chi connectivity index (χ0n) is 10.2. The zero-order valence-corrected chi connectivity index (χ0v) is 10.2. The van der Waals surface area contributed by atoms with E-state index >= 15 is 0 Å². The Morgan fingerprint density at radius 1 is 1.27 bits per heavy atom. The lowest BCUT2D eigenvalue weighted by Gasteiger charge is -2.16. The molecule has 0 saturated heterocycles. The largest absolute Gasteiger partial charge is 0.0879 e. The molecule has 15 heavy (non-hydrogen) atoms. The Balaban J connectivity index is 1.90. The second-order valence-electron chi connectivity index (χ2n) is 5.45. The SMILES string of the molecule is CCC1CC=CCC2=CC2CC(C)CC1. The molecule has 2 rings (SSSR count). The van der Waals surface area contributed by atoms with Gasteiger partial charge in [0, 0.05) is 0 Å². The van der Waals surface area contributed by atoms with Gasteiger partial charge >= 0.3 is 0 Å². The van der Waals surface area contributed by atoms with E-state index in [1.54, 1.807) is 5.57 Å². The maximum atomic E-state index is 2.47. The highest BCUT2D eigenvalue weighted by molar-refractivity contribution is 5.31. The Bertz CT molecular complexity index is 259. The first-order chi connectivity index (χ1) is 7.29. The van der Waals surface area contributed by atoms with E-state index in [1.807, 2.05) is 0 Å². The van der Waals surface area contributed by atoms with Crippen molar-refractivity contribution >= 4 is 0 Å². The number of hydrogen-bond donors (Lipinski definition) is 0. The molecule has 0 spiro atoms. The van der Waals surface area contributed by atoms with Crippen LogP contribution in [0.2, 0.25) is 0 Å². The van der Waals surface area contributed by atoms with Crippen LogP contribution in [-0.2, 0) is 0 Å². The van der Waals surface area contributed by atoms with Crippen molar-refractivity contribution in [1.82, 2.24) is 0 Å². The van der Waals surface area contributed by atoms with Gasteiger partial charge in [-0.1, -0.05) is 50.5 Å². The highest BCUT2D eigenvalue weighted by Crippen LogP contribution is 2.39. The molecule has 0 fully saturated rings. The number of rotatable bonds is 1. The van der Waals surface area contributed by atoms with Crippen LogP contribution in [0.1, 0.15) is 52.4 Å². The van der Waals surface area contributed by atoms with E-state index in [-0.39, 0.29) is 0 Å². The van der Waals surface area contributed by atoms with Gasteiger partial charge in [0.2, 0.25) is 0 Å². The van der Waals surface area contributed by atoms with Crippen molar-refractivity contribution in [1.29, 1.82) is 0 Å². The second-order valence-corrected chi connectivity index (χ2v) is 5.45. The summed E-state index contributed by atoms with van der Waals surface area (Å²) in [5.74, 6) is 2.74. The van der Waals surface area contributed by atoms with E-state index in [9.17, 15) is 0 Å². The van der Waals surface area contributed by atoms with Crippen molar-refractivity contribution in [2.24, 2.45) is 17.8 Å². The minimum Gasteiger partial charge on any atom is -0.0879 e. The van der Waals surface area contributed by atoms with Crippen LogP contribution >= 0.6 is 0 Å². The molecule has 0 aromatic heterocycles. The van der Waals surface area contributed by atoms with Crippen molar-refractivity contribution in [2.75, 3.05) is 0 Å². The molecular formula is C15H24. The first-order valence-corrected chi connectivity index (χ1v) is 6.65. The zero-order chi connectivity index (χ0) is 10.7. The smallest absolute Gasteiger partial charge is 0.00144 e. The third-order valence-electron chi connectivity index (χ3n) is 4.07. The van der Waals surface area contributed by atoms with E-state index < -0.39 is 0 Å². The summed E-state index contributed by atoms with van der Waals surface area (Å²) in [4.78, 5) is 0. The summed E-state index contributed by atoms with van der Waals surface area (Å²) in [5.41, 5.74) is 1.70. The molecule has 2 aliphatic carbocycles. The maximum Gasteiger partial charge on any atom is -0.00144 e. The second kappa shape index (κ2) is 5.01. The molecule has 0 saturated carbocycles. The highest BCUT2D eigenvalue weighted by atomic mass is 14.3. The summed E-state index contributed by atoms with van der Waals surface area (Å²) < 4.78 is 0. The molecule has 0 heteroatoms. The fourth-order valence-electron chi connectivity index (χ4n) is 2.72. The molecule has 0 aromatic rings. The molecular weight excluding hydrogens is 180 g/mol. The van der Waals surface area contributed by atoms with Crippen molar-refractivity contribution in [3.8, 4) is 0 Å². The van der Waals surface area contributed by atoms with Crippen LogP contribution in [0.5, 0.6) is 0 Å². The standard InChI is InChI=1S/C15H24/c1-3-13-6-4-5-7-14-11-15(14)10-12(2)8-9-13/h4-5,11-13,15H,3,6-10H2,1-2H3. The molecule has 0 bridgehead atoms. The summed E-state index contributed by atoms with van der Waals surface area (Å²) >= 11 is 0. The molecule has 0 heterocycles. The fourth-order valence-corrected chi connectivity index (χ4v) is 2.72. The average Bonchev–Trinajstić information content (AvgIpc) is 2.94. The van der Waals surface area contributed by atoms with Gasteiger partial charge in [-0.15, -0.1) is 0 Å². The van der Waals surface area contributed by atoms with Gasteiger partial charge in [-0.05, 0) is 43.4 Å². The van der Waals surface area contributed by atoms with Crippen molar-refractivity contribution in [3.05, 3.63) is 23.8 Å². The first kappa shape index (κ1) is 11.0. The fraction of sp³-hybridized carbons (Fsp3) is 0.733. The van der Waals surface area contributed by atoms with E-state index in [0.717, 1.165) is 17.8 Å². The molecule has 3 atom stereocenters. The third-order valence-corrected chi connectivity index (χ3v) is 4.07. The van der Waals surface area contributed by atoms with Crippen molar-refractivity contribution in [3.63, 3.8) is 0 Å². The number of allylic oxidation sites excluding steroid dienone is 4. The molecule has 0 aliphatic heterocycles. The van der Waals surface area contributed by atoms with Gasteiger partial charge in [-0.2, -0.15) is 0 Å². The van der Waals surface area contributed by atoms with Crippen LogP contribution < -0.4 is 0 Å². The average molecular weight is 204 g/mol. The lowest BCUT2D eigenvalue weighted by molar-refractivity contribution is 0.382. The van der Waals surface area contributed by atoms with E-state index in [2.05, 4.69) is 32.1 Å². The van der Waals surface area contributed by atoms with Crippen molar-refractivity contribution in [2.45, 2.75) is 52.4 Å². The van der Waals surface area contributed by atoms with Gasteiger partial charge in [0.05, 0.1) is 0 Å². The Kier molecular flexibility index (Phi) is 3.66. The first-order valence-electron chi connectivity index (χ1n) is 6.65. The number of fused-ring (bicyclic) bond motifs is 1. The molecule has 84 valence electrons. The summed E-state index contributed by atoms with van der Waals surface area (Å²) in [6, 6.07) is 0. The Labute approximate surface area is 94.5 Å². The molecule has 0 nitrogen and oxygen atoms in total. The molecule has 0 N–H and O–H groups in total. The van der Waals surface area contributed by atoms with Crippen LogP contribution in [0.15, 0.2) is 23.8 Å². The number of hydrogen-bond acceptors (Lipinski definition) is 0. The Morgan fingerprint density at radius 3 is 2.93 bits per heavy atom.